The average Bonchev–Trinajstić information content (AvgIpc) is 2.74. The fourth-order valence-electron chi connectivity index (χ4n) is 3.25. The zero-order chi connectivity index (χ0) is 13.5. The third-order valence-corrected chi connectivity index (χ3v) is 4.68. The zero-order valence-electron chi connectivity index (χ0n) is 11.0. The van der Waals surface area contributed by atoms with Crippen molar-refractivity contribution < 1.29 is 14.1 Å². The van der Waals surface area contributed by atoms with Crippen LogP contribution in [0.25, 0.3) is 0 Å². The molecule has 104 valence electrons. The first-order valence-corrected chi connectivity index (χ1v) is 6.66. The average molecular weight is 265 g/mol. The topological polar surface area (TPSA) is 90.4 Å². The smallest absolute Gasteiger partial charge is 0.256 e. The SMILES string of the molecule is COCc1nocc1C(=O)NC1CC(N)C12CCC2. The highest BCUT2D eigenvalue weighted by Gasteiger charge is 2.57. The largest absolute Gasteiger partial charge is 0.378 e. The van der Waals surface area contributed by atoms with Crippen LogP contribution >= 0.6 is 0 Å². The maximum absolute atomic E-state index is 12.2. The van der Waals surface area contributed by atoms with E-state index in [4.69, 9.17) is 15.0 Å². The number of nitrogens with one attached hydrogen (secondary N) is 1. The van der Waals surface area contributed by atoms with Crippen LogP contribution in [0.15, 0.2) is 10.8 Å². The lowest BCUT2D eigenvalue weighted by atomic mass is 9.50. The number of ether oxygens (including phenoxy) is 1. The zero-order valence-corrected chi connectivity index (χ0v) is 11.0. The van der Waals surface area contributed by atoms with Gasteiger partial charge >= 0.3 is 0 Å². The number of hydrogen-bond acceptors (Lipinski definition) is 5. The van der Waals surface area contributed by atoms with Crippen LogP contribution in [0.4, 0.5) is 0 Å². The predicted octanol–water partition coefficient (Wildman–Crippen LogP) is 0.821. The molecule has 2 aliphatic carbocycles. The van der Waals surface area contributed by atoms with E-state index in [9.17, 15) is 4.79 Å². The standard InChI is InChI=1S/C13H19N3O3/c1-18-7-9-8(6-19-16-9)12(17)15-11-5-10(14)13(11)3-2-4-13/h6,10-11H,2-5,7,14H2,1H3,(H,15,17). The van der Waals surface area contributed by atoms with Crippen LogP contribution in [0.1, 0.15) is 41.7 Å². The lowest BCUT2D eigenvalue weighted by Crippen LogP contribution is -2.69. The fourth-order valence-corrected chi connectivity index (χ4v) is 3.25. The first-order valence-electron chi connectivity index (χ1n) is 6.66. The molecule has 0 aliphatic heterocycles. The van der Waals surface area contributed by atoms with E-state index >= 15 is 0 Å². The van der Waals surface area contributed by atoms with Crippen molar-refractivity contribution in [1.82, 2.24) is 10.5 Å². The quantitative estimate of drug-likeness (QED) is 0.841. The van der Waals surface area contributed by atoms with Crippen molar-refractivity contribution >= 4 is 5.91 Å². The molecule has 2 atom stereocenters. The number of carbonyl (C=O) groups excluding carboxylic acids is 1. The van der Waals surface area contributed by atoms with Gasteiger partial charge in [-0.05, 0) is 19.3 Å². The van der Waals surface area contributed by atoms with E-state index in [-0.39, 0.29) is 30.0 Å². The van der Waals surface area contributed by atoms with Crippen LogP contribution in [0.5, 0.6) is 0 Å². The van der Waals surface area contributed by atoms with Gasteiger partial charge in [0, 0.05) is 24.6 Å². The Bertz CT molecular complexity index is 481. The molecule has 1 aromatic heterocycles. The monoisotopic (exact) mass is 265 g/mol. The summed E-state index contributed by atoms with van der Waals surface area (Å²) in [5.41, 5.74) is 7.22. The van der Waals surface area contributed by atoms with Gasteiger partial charge in [-0.25, -0.2) is 0 Å². The Hall–Kier alpha value is -1.40. The van der Waals surface area contributed by atoms with Gasteiger partial charge in [-0.1, -0.05) is 11.6 Å². The van der Waals surface area contributed by atoms with E-state index in [1.165, 1.54) is 12.7 Å². The molecule has 3 rings (SSSR count). The number of nitrogens with two attached hydrogens (primary N) is 1. The van der Waals surface area contributed by atoms with Gasteiger partial charge in [0.15, 0.2) is 0 Å². The van der Waals surface area contributed by atoms with Crippen LogP contribution in [0, 0.1) is 5.41 Å². The van der Waals surface area contributed by atoms with Crippen molar-refractivity contribution in [3.63, 3.8) is 0 Å². The Morgan fingerprint density at radius 1 is 1.68 bits per heavy atom. The third-order valence-electron chi connectivity index (χ3n) is 4.68. The van der Waals surface area contributed by atoms with Gasteiger partial charge in [0.05, 0.1) is 6.61 Å². The number of carbonyl (C=O) groups is 1. The number of aromatic nitrogens is 1. The van der Waals surface area contributed by atoms with Crippen molar-refractivity contribution in [3.8, 4) is 0 Å². The third kappa shape index (κ3) is 1.86. The first kappa shape index (κ1) is 12.6. The van der Waals surface area contributed by atoms with Crippen LogP contribution in [0.3, 0.4) is 0 Å². The predicted molar refractivity (Wildman–Crippen MR) is 67.3 cm³/mol. The van der Waals surface area contributed by atoms with E-state index in [1.54, 1.807) is 7.11 Å². The maximum Gasteiger partial charge on any atom is 0.256 e. The number of methoxy groups -OCH3 is 1. The highest BCUT2D eigenvalue weighted by Crippen LogP contribution is 2.55. The van der Waals surface area contributed by atoms with E-state index in [1.807, 2.05) is 0 Å². The van der Waals surface area contributed by atoms with Crippen molar-refractivity contribution in [3.05, 3.63) is 17.5 Å². The van der Waals surface area contributed by atoms with E-state index in [2.05, 4.69) is 10.5 Å². The molecule has 19 heavy (non-hydrogen) atoms. The van der Waals surface area contributed by atoms with E-state index in [0.717, 1.165) is 19.3 Å². The van der Waals surface area contributed by atoms with Gasteiger partial charge in [-0.2, -0.15) is 0 Å². The molecule has 2 fully saturated rings. The second-order valence-corrected chi connectivity index (χ2v) is 5.56. The minimum Gasteiger partial charge on any atom is -0.378 e. The second kappa shape index (κ2) is 4.61. The van der Waals surface area contributed by atoms with Crippen molar-refractivity contribution in [2.45, 2.75) is 44.4 Å². The van der Waals surface area contributed by atoms with Gasteiger partial charge in [-0.15, -0.1) is 0 Å². The summed E-state index contributed by atoms with van der Waals surface area (Å²) in [6.45, 7) is 0.272. The molecule has 1 heterocycles. The van der Waals surface area contributed by atoms with Crippen LogP contribution in [-0.4, -0.2) is 30.3 Å². The van der Waals surface area contributed by atoms with Gasteiger partial charge in [0.1, 0.15) is 17.5 Å². The molecular formula is C13H19N3O3. The summed E-state index contributed by atoms with van der Waals surface area (Å²) in [5, 5.41) is 6.84. The van der Waals surface area contributed by atoms with Gasteiger partial charge in [0.2, 0.25) is 0 Å². The molecule has 1 aromatic rings. The number of rotatable bonds is 4. The molecule has 2 saturated carbocycles. The summed E-state index contributed by atoms with van der Waals surface area (Å²) in [6.07, 6.45) is 5.68. The summed E-state index contributed by atoms with van der Waals surface area (Å²) in [4.78, 5) is 12.2. The van der Waals surface area contributed by atoms with Crippen LogP contribution in [-0.2, 0) is 11.3 Å². The molecule has 0 saturated heterocycles. The summed E-state index contributed by atoms with van der Waals surface area (Å²) >= 11 is 0. The molecular weight excluding hydrogens is 246 g/mol. The lowest BCUT2D eigenvalue weighted by Gasteiger charge is -2.60. The molecule has 6 heteroatoms. The number of hydrogen-bond donors (Lipinski definition) is 2. The highest BCUT2D eigenvalue weighted by molar-refractivity contribution is 5.95. The number of amides is 1. The minimum atomic E-state index is -0.142. The van der Waals surface area contributed by atoms with E-state index in [0.29, 0.717) is 11.3 Å². The second-order valence-electron chi connectivity index (χ2n) is 5.56. The maximum atomic E-state index is 12.2. The van der Waals surface area contributed by atoms with Gasteiger partial charge in [0.25, 0.3) is 5.91 Å². The molecule has 2 unspecified atom stereocenters. The molecule has 3 N–H and O–H groups in total. The molecule has 6 nitrogen and oxygen atoms in total. The normalized spacial score (nSPS) is 27.7. The van der Waals surface area contributed by atoms with Crippen molar-refractivity contribution in [2.24, 2.45) is 11.1 Å². The summed E-state index contributed by atoms with van der Waals surface area (Å²) in [6, 6.07) is 0.418. The molecule has 0 aromatic carbocycles. The Labute approximate surface area is 111 Å². The number of nitrogens with zero attached hydrogens (tertiary/aromatic N) is 1. The van der Waals surface area contributed by atoms with Crippen molar-refractivity contribution in [1.29, 1.82) is 0 Å². The molecule has 1 amide bonds. The highest BCUT2D eigenvalue weighted by atomic mass is 16.5. The molecule has 0 bridgehead atoms. The summed E-state index contributed by atoms with van der Waals surface area (Å²) < 4.78 is 9.84. The lowest BCUT2D eigenvalue weighted by molar-refractivity contribution is -0.0390. The summed E-state index contributed by atoms with van der Waals surface area (Å²) in [5.74, 6) is -0.142. The molecule has 1 spiro atoms. The molecule has 0 radical (unpaired) electrons. The Morgan fingerprint density at radius 3 is 3.05 bits per heavy atom. The van der Waals surface area contributed by atoms with Gasteiger partial charge < -0.3 is 20.3 Å². The molecule has 2 aliphatic rings. The van der Waals surface area contributed by atoms with Gasteiger partial charge in [-0.3, -0.25) is 4.79 Å². The fraction of sp³-hybridized carbons (Fsp3) is 0.692. The first-order chi connectivity index (χ1) is 9.17. The Morgan fingerprint density at radius 2 is 2.47 bits per heavy atom. The Kier molecular flexibility index (Phi) is 3.06. The van der Waals surface area contributed by atoms with Crippen LogP contribution in [0.2, 0.25) is 0 Å². The van der Waals surface area contributed by atoms with E-state index < -0.39 is 0 Å². The Balaban J connectivity index is 1.67. The minimum absolute atomic E-state index is 0.142. The summed E-state index contributed by atoms with van der Waals surface area (Å²) in [7, 11) is 1.56. The van der Waals surface area contributed by atoms with Crippen molar-refractivity contribution in [2.75, 3.05) is 7.11 Å². The van der Waals surface area contributed by atoms with Crippen LogP contribution < -0.4 is 11.1 Å².